The number of likely N-dealkylation sites (tertiary alicyclic amines) is 1. The van der Waals surface area contributed by atoms with Gasteiger partial charge in [-0.3, -0.25) is 4.90 Å². The molecule has 154 valence electrons. The van der Waals surface area contributed by atoms with E-state index < -0.39 is 5.60 Å². The second kappa shape index (κ2) is 7.03. The highest BCUT2D eigenvalue weighted by Gasteiger charge is 2.63. The van der Waals surface area contributed by atoms with E-state index in [2.05, 4.69) is 35.2 Å². The summed E-state index contributed by atoms with van der Waals surface area (Å²) >= 11 is 0. The van der Waals surface area contributed by atoms with Crippen molar-refractivity contribution in [2.24, 2.45) is 0 Å². The Morgan fingerprint density at radius 2 is 1.90 bits per heavy atom. The van der Waals surface area contributed by atoms with E-state index in [1.54, 1.807) is 7.11 Å². The van der Waals surface area contributed by atoms with Crippen molar-refractivity contribution in [1.29, 1.82) is 0 Å². The normalized spacial score (nSPS) is 31.0. The van der Waals surface area contributed by atoms with Gasteiger partial charge < -0.3 is 14.9 Å². The van der Waals surface area contributed by atoms with Crippen LogP contribution in [0.3, 0.4) is 0 Å². The maximum absolute atomic E-state index is 12.1. The largest absolute Gasteiger partial charge is 0.504 e. The number of aromatic hydroxyl groups is 1. The minimum absolute atomic E-state index is 0.127. The third kappa shape index (κ3) is 2.80. The minimum atomic E-state index is -0.714. The molecule has 1 saturated carbocycles. The van der Waals surface area contributed by atoms with Crippen LogP contribution in [0, 0.1) is 0 Å². The number of benzene rings is 2. The van der Waals surface area contributed by atoms with Gasteiger partial charge in [-0.15, -0.1) is 0 Å². The average molecular weight is 394 g/mol. The number of fused-ring (bicyclic) bond motifs is 1. The zero-order chi connectivity index (χ0) is 20.1. The van der Waals surface area contributed by atoms with E-state index >= 15 is 0 Å². The smallest absolute Gasteiger partial charge is 0.160 e. The van der Waals surface area contributed by atoms with E-state index in [1.165, 1.54) is 11.1 Å². The molecule has 2 bridgehead atoms. The van der Waals surface area contributed by atoms with Crippen molar-refractivity contribution in [1.82, 2.24) is 4.90 Å². The Balaban J connectivity index is 1.52. The summed E-state index contributed by atoms with van der Waals surface area (Å²) in [5.41, 5.74) is 2.80. The lowest BCUT2D eigenvalue weighted by Crippen LogP contribution is -2.72. The lowest BCUT2D eigenvalue weighted by molar-refractivity contribution is -0.165. The van der Waals surface area contributed by atoms with Gasteiger partial charge in [0.2, 0.25) is 0 Å². The summed E-state index contributed by atoms with van der Waals surface area (Å²) in [4.78, 5) is 2.53. The highest BCUT2D eigenvalue weighted by molar-refractivity contribution is 5.54. The summed E-state index contributed by atoms with van der Waals surface area (Å²) < 4.78 is 5.40. The van der Waals surface area contributed by atoms with E-state index in [-0.39, 0.29) is 17.2 Å². The highest BCUT2D eigenvalue weighted by atomic mass is 16.5. The molecule has 2 aliphatic carbocycles. The summed E-state index contributed by atoms with van der Waals surface area (Å²) in [6.07, 6.45) is 6.86. The van der Waals surface area contributed by atoms with Crippen molar-refractivity contribution in [3.05, 3.63) is 59.2 Å². The van der Waals surface area contributed by atoms with Crippen LogP contribution in [0.15, 0.2) is 42.5 Å². The first-order chi connectivity index (χ1) is 14.1. The Bertz CT molecular complexity index is 898. The van der Waals surface area contributed by atoms with E-state index in [0.717, 1.165) is 63.6 Å². The van der Waals surface area contributed by atoms with Crippen molar-refractivity contribution in [3.63, 3.8) is 0 Å². The van der Waals surface area contributed by atoms with Gasteiger partial charge >= 0.3 is 0 Å². The van der Waals surface area contributed by atoms with Gasteiger partial charge in [-0.1, -0.05) is 43.2 Å². The van der Waals surface area contributed by atoms with Crippen LogP contribution in [0.1, 0.15) is 48.8 Å². The number of nitrogens with zero attached hydrogens (tertiary/aromatic N) is 1. The van der Waals surface area contributed by atoms with Gasteiger partial charge in [-0.25, -0.2) is 0 Å². The van der Waals surface area contributed by atoms with E-state index in [1.807, 2.05) is 12.1 Å². The fourth-order valence-corrected chi connectivity index (χ4v) is 6.48. The van der Waals surface area contributed by atoms with Crippen LogP contribution in [0.5, 0.6) is 11.5 Å². The molecule has 5 rings (SSSR count). The Kier molecular flexibility index (Phi) is 4.60. The number of rotatable bonds is 4. The second-order valence-electron chi connectivity index (χ2n) is 9.14. The Morgan fingerprint density at radius 3 is 2.69 bits per heavy atom. The van der Waals surface area contributed by atoms with Gasteiger partial charge in [-0.05, 0) is 67.5 Å². The molecule has 0 spiro atoms. The molecule has 0 unspecified atom stereocenters. The lowest BCUT2D eigenvalue weighted by atomic mass is 9.49. The number of aliphatic hydroxyl groups is 1. The summed E-state index contributed by atoms with van der Waals surface area (Å²) in [6, 6.07) is 14.7. The summed E-state index contributed by atoms with van der Waals surface area (Å²) in [7, 11) is 1.60. The molecule has 29 heavy (non-hydrogen) atoms. The second-order valence-corrected chi connectivity index (χ2v) is 9.14. The zero-order valence-corrected chi connectivity index (χ0v) is 17.2. The van der Waals surface area contributed by atoms with Gasteiger partial charge in [-0.2, -0.15) is 0 Å². The number of methoxy groups -OCH3 is 1. The predicted octanol–water partition coefficient (Wildman–Crippen LogP) is 3.82. The minimum Gasteiger partial charge on any atom is -0.504 e. The van der Waals surface area contributed by atoms with Gasteiger partial charge in [0.25, 0.3) is 0 Å². The Hall–Kier alpha value is -2.04. The molecule has 2 aromatic rings. The van der Waals surface area contributed by atoms with Crippen molar-refractivity contribution < 1.29 is 14.9 Å². The first kappa shape index (κ1) is 19.0. The van der Waals surface area contributed by atoms with Crippen molar-refractivity contribution in [3.8, 4) is 11.5 Å². The molecule has 1 saturated heterocycles. The topological polar surface area (TPSA) is 52.9 Å². The van der Waals surface area contributed by atoms with Gasteiger partial charge in [0.1, 0.15) is 0 Å². The Labute approximate surface area is 173 Å². The Morgan fingerprint density at radius 1 is 1.10 bits per heavy atom. The van der Waals surface area contributed by atoms with Crippen molar-refractivity contribution in [2.75, 3.05) is 20.2 Å². The molecule has 3 atom stereocenters. The summed E-state index contributed by atoms with van der Waals surface area (Å²) in [6.45, 7) is 1.98. The molecule has 4 nitrogen and oxygen atoms in total. The molecule has 3 aliphatic rings. The van der Waals surface area contributed by atoms with Crippen LogP contribution in [-0.2, 0) is 18.3 Å². The number of phenolic OH excluding ortho intramolecular Hbond substituents is 1. The lowest BCUT2D eigenvalue weighted by Gasteiger charge is -2.64. The van der Waals surface area contributed by atoms with Gasteiger partial charge in [0.05, 0.1) is 12.7 Å². The van der Waals surface area contributed by atoms with Gasteiger partial charge in [0, 0.05) is 18.0 Å². The fraction of sp³-hybridized carbons (Fsp3) is 0.520. The molecule has 1 heterocycles. The zero-order valence-electron chi connectivity index (χ0n) is 17.2. The van der Waals surface area contributed by atoms with Crippen LogP contribution >= 0.6 is 0 Å². The summed E-state index contributed by atoms with van der Waals surface area (Å²) in [5, 5.41) is 22.6. The molecular formula is C25H31NO3. The maximum atomic E-state index is 12.1. The summed E-state index contributed by atoms with van der Waals surface area (Å²) in [5.74, 6) is 0.730. The maximum Gasteiger partial charge on any atom is 0.160 e. The first-order valence-corrected chi connectivity index (χ1v) is 11.0. The molecule has 2 N–H and O–H groups in total. The van der Waals surface area contributed by atoms with Crippen LogP contribution in [0.25, 0.3) is 0 Å². The van der Waals surface area contributed by atoms with E-state index in [9.17, 15) is 10.2 Å². The third-order valence-corrected chi connectivity index (χ3v) is 7.92. The molecule has 2 aromatic carbocycles. The number of hydrogen-bond donors (Lipinski definition) is 2. The molecule has 0 aromatic heterocycles. The number of hydrogen-bond acceptors (Lipinski definition) is 4. The quantitative estimate of drug-likeness (QED) is 0.829. The molecule has 0 amide bonds. The molecule has 2 fully saturated rings. The molecule has 0 radical (unpaired) electrons. The highest BCUT2D eigenvalue weighted by Crippen LogP contribution is 2.59. The van der Waals surface area contributed by atoms with Crippen molar-refractivity contribution in [2.45, 2.75) is 62.0 Å². The van der Waals surface area contributed by atoms with E-state index in [0.29, 0.717) is 5.75 Å². The molecule has 4 heteroatoms. The third-order valence-electron chi connectivity index (χ3n) is 7.92. The fourth-order valence-electron chi connectivity index (χ4n) is 6.48. The first-order valence-electron chi connectivity index (χ1n) is 11.0. The van der Waals surface area contributed by atoms with E-state index in [4.69, 9.17) is 4.74 Å². The average Bonchev–Trinajstić information content (AvgIpc) is 2.74. The van der Waals surface area contributed by atoms with Crippen LogP contribution in [0.4, 0.5) is 0 Å². The predicted molar refractivity (Wildman–Crippen MR) is 114 cm³/mol. The molecule has 1 aliphatic heterocycles. The SMILES string of the molecule is COc1cc2c(cc1O)[C@@]13CCCC[C@@]1(O)[C@@H](C2)N(CCc1ccccc1)CC3. The number of phenols is 1. The van der Waals surface area contributed by atoms with Crippen LogP contribution < -0.4 is 4.74 Å². The number of piperidine rings is 1. The van der Waals surface area contributed by atoms with Crippen molar-refractivity contribution >= 4 is 0 Å². The number of ether oxygens (including phenoxy) is 1. The van der Waals surface area contributed by atoms with Crippen LogP contribution in [-0.4, -0.2) is 47.0 Å². The van der Waals surface area contributed by atoms with Gasteiger partial charge in [0.15, 0.2) is 11.5 Å². The standard InChI is InChI=1S/C25H31NO3/c1-29-22-15-19-16-23-25(28)11-6-5-10-24(25,20(19)17-21(22)27)12-14-26(23)13-9-18-7-3-2-4-8-18/h2-4,7-8,15,17,23,27-28H,5-6,9-14,16H2,1H3/t23-,24+,25-/m1/s1. The monoisotopic (exact) mass is 393 g/mol. The van der Waals surface area contributed by atoms with Crippen LogP contribution in [0.2, 0.25) is 0 Å². The molecular weight excluding hydrogens is 362 g/mol.